The van der Waals surface area contributed by atoms with E-state index in [2.05, 4.69) is 4.98 Å². The lowest BCUT2D eigenvalue weighted by molar-refractivity contribution is -0.139. The number of benzene rings is 3. The van der Waals surface area contributed by atoms with Gasteiger partial charge in [0.1, 0.15) is 17.5 Å². The highest BCUT2D eigenvalue weighted by Gasteiger charge is 2.36. The number of amides is 1. The number of rotatable bonds is 6. The van der Waals surface area contributed by atoms with E-state index in [-0.39, 0.29) is 12.1 Å². The van der Waals surface area contributed by atoms with Gasteiger partial charge >= 0.3 is 6.09 Å². The lowest BCUT2D eigenvalue weighted by Gasteiger charge is -2.35. The van der Waals surface area contributed by atoms with Crippen molar-refractivity contribution in [2.45, 2.75) is 44.6 Å². The van der Waals surface area contributed by atoms with Crippen LogP contribution in [0.5, 0.6) is 11.5 Å². The van der Waals surface area contributed by atoms with E-state index in [1.54, 1.807) is 29.2 Å². The van der Waals surface area contributed by atoms with Gasteiger partial charge in [-0.25, -0.2) is 4.79 Å². The first-order chi connectivity index (χ1) is 19.3. The highest BCUT2D eigenvalue weighted by atomic mass is 35.5. The molecule has 4 aromatic rings. The van der Waals surface area contributed by atoms with Crippen LogP contribution in [0.1, 0.15) is 43.1 Å². The lowest BCUT2D eigenvalue weighted by Crippen LogP contribution is -2.42. The molecule has 2 aliphatic rings. The molecule has 0 unspecified atom stereocenters. The van der Waals surface area contributed by atoms with Gasteiger partial charge in [-0.3, -0.25) is 4.90 Å². The third-order valence-corrected chi connectivity index (χ3v) is 7.80. The molecule has 1 amide bonds. The summed E-state index contributed by atoms with van der Waals surface area (Å²) in [5.41, 5.74) is 4.02. The summed E-state index contributed by atoms with van der Waals surface area (Å²) >= 11 is 12.3. The Kier molecular flexibility index (Phi) is 7.40. The van der Waals surface area contributed by atoms with Crippen molar-refractivity contribution in [1.82, 2.24) is 9.88 Å². The smallest absolute Gasteiger partial charge is 0.416 e. The molecule has 40 heavy (non-hydrogen) atoms. The van der Waals surface area contributed by atoms with Crippen LogP contribution in [0, 0.1) is 0 Å². The minimum Gasteiger partial charge on any atom is -0.493 e. The zero-order chi connectivity index (χ0) is 27.9. The van der Waals surface area contributed by atoms with Crippen LogP contribution in [0.15, 0.2) is 66.7 Å². The van der Waals surface area contributed by atoms with E-state index in [9.17, 15) is 4.79 Å². The Hall–Kier alpha value is -3.23. The fourth-order valence-electron chi connectivity index (χ4n) is 5.43. The average Bonchev–Trinajstić information content (AvgIpc) is 3.48. The van der Waals surface area contributed by atoms with Crippen LogP contribution in [0.4, 0.5) is 4.79 Å². The number of hydrogen-bond donors (Lipinski definition) is 1. The van der Waals surface area contributed by atoms with Gasteiger partial charge in [-0.1, -0.05) is 35.3 Å². The largest absolute Gasteiger partial charge is 0.493 e. The van der Waals surface area contributed by atoms with Crippen molar-refractivity contribution in [3.8, 4) is 11.5 Å². The summed E-state index contributed by atoms with van der Waals surface area (Å²) in [6.45, 7) is 5.40. The summed E-state index contributed by atoms with van der Waals surface area (Å²) in [5.74, 6) is 0.641. The number of nitrogens with one attached hydrogen (secondary N) is 1. The molecular weight excluding hydrogens is 551 g/mol. The molecule has 1 fully saturated rings. The van der Waals surface area contributed by atoms with Gasteiger partial charge in [0, 0.05) is 39.6 Å². The molecule has 1 aromatic heterocycles. The summed E-state index contributed by atoms with van der Waals surface area (Å²) in [5, 5.41) is 2.32. The molecule has 208 valence electrons. The Morgan fingerprint density at radius 1 is 1.02 bits per heavy atom. The fourth-order valence-corrected chi connectivity index (χ4v) is 5.72. The van der Waals surface area contributed by atoms with Crippen LogP contribution in [0.25, 0.3) is 10.9 Å². The molecule has 0 radical (unpaired) electrons. The summed E-state index contributed by atoms with van der Waals surface area (Å²) in [6, 6.07) is 20.1. The third-order valence-electron chi connectivity index (χ3n) is 7.31. The van der Waals surface area contributed by atoms with Gasteiger partial charge in [-0.2, -0.15) is 0 Å². The maximum Gasteiger partial charge on any atom is 0.416 e. The molecule has 0 aliphatic carbocycles. The van der Waals surface area contributed by atoms with Crippen molar-refractivity contribution >= 4 is 40.2 Å². The summed E-state index contributed by atoms with van der Waals surface area (Å²) < 4.78 is 23.2. The number of aromatic nitrogens is 1. The number of carbonyl (C=O) groups is 1. The number of ether oxygens (including phenoxy) is 4. The van der Waals surface area contributed by atoms with Crippen LogP contribution in [0.3, 0.4) is 0 Å². The zero-order valence-electron chi connectivity index (χ0n) is 22.3. The topological polar surface area (TPSA) is 73.0 Å². The second-order valence-electron chi connectivity index (χ2n) is 10.5. The molecule has 0 spiro atoms. The molecule has 3 aromatic carbocycles. The molecule has 0 saturated carbocycles. The van der Waals surface area contributed by atoms with E-state index in [0.29, 0.717) is 42.0 Å². The summed E-state index contributed by atoms with van der Waals surface area (Å²) in [6.07, 6.45) is 0.994. The molecule has 1 N–H and O–H groups in total. The number of H-pyrrole nitrogens is 1. The second-order valence-corrected chi connectivity index (χ2v) is 11.4. The van der Waals surface area contributed by atoms with Crippen molar-refractivity contribution in [3.05, 3.63) is 93.6 Å². The minimum absolute atomic E-state index is 0.0191. The molecule has 2 aliphatic heterocycles. The maximum atomic E-state index is 13.5. The SMILES string of the molecule is CC1(C)OC[C@H](CCOc2ccc([C@H]3c4[nH]c5ccc(Cl)cc5c4CCN3C(=O)Oc3ccc(Cl)cc3)cc2)O1. The Morgan fingerprint density at radius 2 is 1.75 bits per heavy atom. The molecule has 0 bridgehead atoms. The van der Waals surface area contributed by atoms with E-state index < -0.39 is 11.9 Å². The van der Waals surface area contributed by atoms with E-state index in [1.165, 1.54) is 0 Å². The Balaban J connectivity index is 1.25. The quantitative estimate of drug-likeness (QED) is 0.255. The Bertz CT molecular complexity index is 1520. The zero-order valence-corrected chi connectivity index (χ0v) is 23.8. The predicted molar refractivity (Wildman–Crippen MR) is 154 cm³/mol. The number of nitrogens with zero attached hydrogens (tertiary/aromatic N) is 1. The van der Waals surface area contributed by atoms with Crippen LogP contribution < -0.4 is 9.47 Å². The van der Waals surface area contributed by atoms with Gasteiger partial charge in [-0.05, 0) is 86.0 Å². The predicted octanol–water partition coefficient (Wildman–Crippen LogP) is 7.54. The normalized spacial score (nSPS) is 19.9. The maximum absolute atomic E-state index is 13.5. The highest BCUT2D eigenvalue weighted by molar-refractivity contribution is 6.31. The minimum atomic E-state index is -0.542. The van der Waals surface area contributed by atoms with Crippen LogP contribution in [-0.4, -0.2) is 47.6 Å². The second kappa shape index (κ2) is 11.0. The molecule has 2 atom stereocenters. The number of fused-ring (bicyclic) bond motifs is 3. The first kappa shape index (κ1) is 27.0. The van der Waals surface area contributed by atoms with Crippen LogP contribution >= 0.6 is 23.2 Å². The van der Waals surface area contributed by atoms with E-state index >= 15 is 0 Å². The van der Waals surface area contributed by atoms with Crippen LogP contribution in [-0.2, 0) is 15.9 Å². The van der Waals surface area contributed by atoms with Gasteiger partial charge in [-0.15, -0.1) is 0 Å². The lowest BCUT2D eigenvalue weighted by atomic mass is 9.92. The third kappa shape index (κ3) is 5.65. The van der Waals surface area contributed by atoms with Crippen molar-refractivity contribution in [2.24, 2.45) is 0 Å². The standard InChI is InChI=1S/C31H30Cl2N2O5/c1-31(2)38-18-24(40-31)14-16-37-22-8-3-19(4-9-22)29-28-25(26-17-21(33)7-12-27(26)34-28)13-15-35(29)30(36)39-23-10-5-20(32)6-11-23/h3-12,17,24,29,34H,13-16,18H2,1-2H3/t24-,29-/m0/s1. The number of aromatic amines is 1. The van der Waals surface area contributed by atoms with Crippen LogP contribution in [0.2, 0.25) is 10.0 Å². The summed E-state index contributed by atoms with van der Waals surface area (Å²) in [7, 11) is 0. The van der Waals surface area contributed by atoms with Gasteiger partial charge < -0.3 is 23.9 Å². The van der Waals surface area contributed by atoms with Crippen molar-refractivity contribution in [2.75, 3.05) is 19.8 Å². The first-order valence-electron chi connectivity index (χ1n) is 13.3. The highest BCUT2D eigenvalue weighted by Crippen LogP contribution is 2.40. The monoisotopic (exact) mass is 580 g/mol. The number of halogens is 2. The van der Waals surface area contributed by atoms with E-state index in [1.807, 2.05) is 56.3 Å². The van der Waals surface area contributed by atoms with Gasteiger partial charge in [0.05, 0.1) is 19.3 Å². The van der Waals surface area contributed by atoms with Gasteiger partial charge in [0.2, 0.25) is 0 Å². The van der Waals surface area contributed by atoms with E-state index in [0.717, 1.165) is 39.9 Å². The molecule has 3 heterocycles. The number of carbonyl (C=O) groups excluding carboxylic acids is 1. The number of hydrogen-bond acceptors (Lipinski definition) is 5. The fraction of sp³-hybridized carbons (Fsp3) is 0.323. The Labute approximate surface area is 242 Å². The summed E-state index contributed by atoms with van der Waals surface area (Å²) in [4.78, 5) is 18.8. The average molecular weight is 581 g/mol. The van der Waals surface area contributed by atoms with Gasteiger partial charge in [0.25, 0.3) is 0 Å². The van der Waals surface area contributed by atoms with E-state index in [4.69, 9.17) is 42.1 Å². The van der Waals surface area contributed by atoms with Gasteiger partial charge in [0.15, 0.2) is 5.79 Å². The molecule has 9 heteroatoms. The van der Waals surface area contributed by atoms with Crippen molar-refractivity contribution < 1.29 is 23.7 Å². The molecular formula is C31H30Cl2N2O5. The molecule has 1 saturated heterocycles. The molecule has 7 nitrogen and oxygen atoms in total. The first-order valence-corrected chi connectivity index (χ1v) is 14.1. The molecule has 6 rings (SSSR count). The van der Waals surface area contributed by atoms with Crippen molar-refractivity contribution in [3.63, 3.8) is 0 Å². The Morgan fingerprint density at radius 3 is 2.48 bits per heavy atom. The van der Waals surface area contributed by atoms with Crippen molar-refractivity contribution in [1.29, 1.82) is 0 Å².